The molecule has 1 aliphatic rings. The van der Waals surface area contributed by atoms with Crippen LogP contribution >= 0.6 is 0 Å². The van der Waals surface area contributed by atoms with Crippen molar-refractivity contribution in [3.63, 3.8) is 0 Å². The summed E-state index contributed by atoms with van der Waals surface area (Å²) in [4.78, 5) is 27.7. The molecule has 0 bridgehead atoms. The third-order valence-corrected chi connectivity index (χ3v) is 4.89. The highest BCUT2D eigenvalue weighted by atomic mass is 16.6. The highest BCUT2D eigenvalue weighted by molar-refractivity contribution is 5.95. The quantitative estimate of drug-likeness (QED) is 0.567. The van der Waals surface area contributed by atoms with Crippen molar-refractivity contribution in [2.45, 2.75) is 25.3 Å². The molecule has 1 unspecified atom stereocenters. The van der Waals surface area contributed by atoms with Gasteiger partial charge in [0.25, 0.3) is 11.6 Å². The summed E-state index contributed by atoms with van der Waals surface area (Å²) in [7, 11) is 0. The molecule has 4 rings (SSSR count). The number of nitrogens with one attached hydrogen (secondary N) is 1. The summed E-state index contributed by atoms with van der Waals surface area (Å²) in [6.07, 6.45) is 7.53. The minimum absolute atomic E-state index is 0.0742. The lowest BCUT2D eigenvalue weighted by molar-refractivity contribution is -0.384. The highest BCUT2D eigenvalue weighted by Crippen LogP contribution is 2.30. The topological polar surface area (TPSA) is 90.1 Å². The van der Waals surface area contributed by atoms with Crippen LogP contribution in [0.1, 0.15) is 40.4 Å². The lowest BCUT2D eigenvalue weighted by atomic mass is 9.87. The molecule has 0 saturated heterocycles. The van der Waals surface area contributed by atoms with Crippen LogP contribution in [0, 0.1) is 10.1 Å². The van der Waals surface area contributed by atoms with Crippen molar-refractivity contribution in [2.24, 2.45) is 0 Å². The van der Waals surface area contributed by atoms with E-state index in [9.17, 15) is 14.9 Å². The minimum atomic E-state index is -0.484. The van der Waals surface area contributed by atoms with Crippen LogP contribution in [0.25, 0.3) is 5.69 Å². The molecule has 1 atom stereocenters. The number of nitro groups is 1. The number of aryl methyl sites for hydroxylation is 1. The monoisotopic (exact) mass is 362 g/mol. The SMILES string of the molecule is O=C(NC1CCCc2ccccc21)c1ccc(-n2ccnc2)c([N+](=O)[O-])c1. The number of imidazole rings is 1. The van der Waals surface area contributed by atoms with Crippen LogP contribution in [0.4, 0.5) is 5.69 Å². The Balaban J connectivity index is 1.62. The predicted octanol–water partition coefficient (Wildman–Crippen LogP) is 3.59. The van der Waals surface area contributed by atoms with Crippen LogP contribution in [0.5, 0.6) is 0 Å². The Morgan fingerprint density at radius 2 is 2.11 bits per heavy atom. The van der Waals surface area contributed by atoms with Gasteiger partial charge in [-0.1, -0.05) is 24.3 Å². The summed E-state index contributed by atoms with van der Waals surface area (Å²) in [5.74, 6) is -0.308. The Labute approximate surface area is 155 Å². The van der Waals surface area contributed by atoms with Crippen LogP contribution in [-0.4, -0.2) is 20.4 Å². The lowest BCUT2D eigenvalue weighted by Crippen LogP contribution is -2.31. The first-order valence-corrected chi connectivity index (χ1v) is 8.79. The van der Waals surface area contributed by atoms with Crippen molar-refractivity contribution in [1.29, 1.82) is 0 Å². The van der Waals surface area contributed by atoms with E-state index in [1.165, 1.54) is 18.0 Å². The molecule has 1 heterocycles. The first kappa shape index (κ1) is 17.0. The number of nitrogens with zero attached hydrogens (tertiary/aromatic N) is 3. The van der Waals surface area contributed by atoms with Crippen molar-refractivity contribution in [3.05, 3.63) is 88.0 Å². The van der Waals surface area contributed by atoms with E-state index in [1.807, 2.05) is 18.2 Å². The number of benzene rings is 2. The van der Waals surface area contributed by atoms with E-state index >= 15 is 0 Å². The number of amides is 1. The molecule has 1 N–H and O–H groups in total. The summed E-state index contributed by atoms with van der Waals surface area (Å²) in [6, 6.07) is 12.5. The second kappa shape index (κ2) is 7.03. The third-order valence-electron chi connectivity index (χ3n) is 4.89. The van der Waals surface area contributed by atoms with Crippen LogP contribution < -0.4 is 5.32 Å². The first-order valence-electron chi connectivity index (χ1n) is 8.79. The van der Waals surface area contributed by atoms with Crippen LogP contribution in [0.15, 0.2) is 61.2 Å². The van der Waals surface area contributed by atoms with Crippen LogP contribution in [-0.2, 0) is 6.42 Å². The number of nitro benzene ring substituents is 1. The molecule has 1 amide bonds. The van der Waals surface area contributed by atoms with Crippen molar-refractivity contribution in [1.82, 2.24) is 14.9 Å². The van der Waals surface area contributed by atoms with Gasteiger partial charge in [0, 0.05) is 24.0 Å². The molecule has 0 radical (unpaired) electrons. The Morgan fingerprint density at radius 3 is 2.89 bits per heavy atom. The normalized spacial score (nSPS) is 15.8. The highest BCUT2D eigenvalue weighted by Gasteiger charge is 2.24. The van der Waals surface area contributed by atoms with E-state index in [-0.39, 0.29) is 23.2 Å². The lowest BCUT2D eigenvalue weighted by Gasteiger charge is -2.26. The molecule has 1 aromatic heterocycles. The Hall–Kier alpha value is -3.48. The number of rotatable bonds is 4. The fourth-order valence-electron chi connectivity index (χ4n) is 3.58. The number of fused-ring (bicyclic) bond motifs is 1. The molecule has 2 aromatic carbocycles. The molecule has 0 saturated carbocycles. The molecule has 0 aliphatic heterocycles. The van der Waals surface area contributed by atoms with Crippen molar-refractivity contribution >= 4 is 11.6 Å². The van der Waals surface area contributed by atoms with Gasteiger partial charge in [-0.2, -0.15) is 0 Å². The van der Waals surface area contributed by atoms with E-state index in [2.05, 4.69) is 16.4 Å². The smallest absolute Gasteiger partial charge is 0.294 e. The molecule has 7 heteroatoms. The number of carbonyl (C=O) groups excluding carboxylic acids is 1. The van der Waals surface area contributed by atoms with Crippen LogP contribution in [0.3, 0.4) is 0 Å². The summed E-state index contributed by atoms with van der Waals surface area (Å²) in [5, 5.41) is 14.5. The van der Waals surface area contributed by atoms with Crippen molar-refractivity contribution in [2.75, 3.05) is 0 Å². The minimum Gasteiger partial charge on any atom is -0.345 e. The molecular weight excluding hydrogens is 344 g/mol. The average Bonchev–Trinajstić information content (AvgIpc) is 3.22. The predicted molar refractivity (Wildman–Crippen MR) is 99.8 cm³/mol. The molecule has 0 fully saturated rings. The molecule has 136 valence electrons. The maximum Gasteiger partial charge on any atom is 0.294 e. The van der Waals surface area contributed by atoms with Gasteiger partial charge >= 0.3 is 0 Å². The maximum atomic E-state index is 12.7. The number of hydrogen-bond acceptors (Lipinski definition) is 4. The molecule has 0 spiro atoms. The maximum absolute atomic E-state index is 12.7. The largest absolute Gasteiger partial charge is 0.345 e. The number of aromatic nitrogens is 2. The zero-order valence-electron chi connectivity index (χ0n) is 14.5. The van der Waals surface area contributed by atoms with E-state index in [0.717, 1.165) is 24.8 Å². The molecule has 7 nitrogen and oxygen atoms in total. The van der Waals surface area contributed by atoms with Crippen LogP contribution in [0.2, 0.25) is 0 Å². The van der Waals surface area contributed by atoms with Crippen molar-refractivity contribution < 1.29 is 9.72 Å². The van der Waals surface area contributed by atoms with E-state index in [1.54, 1.807) is 29.1 Å². The Kier molecular flexibility index (Phi) is 4.42. The van der Waals surface area contributed by atoms with Gasteiger partial charge in [-0.3, -0.25) is 14.9 Å². The second-order valence-corrected chi connectivity index (χ2v) is 6.55. The zero-order chi connectivity index (χ0) is 18.8. The summed E-state index contributed by atoms with van der Waals surface area (Å²) < 4.78 is 1.55. The molecule has 3 aromatic rings. The number of carbonyl (C=O) groups is 1. The summed E-state index contributed by atoms with van der Waals surface area (Å²) in [5.41, 5.74) is 2.88. The Morgan fingerprint density at radius 1 is 1.26 bits per heavy atom. The third kappa shape index (κ3) is 3.31. The summed E-state index contributed by atoms with van der Waals surface area (Å²) >= 11 is 0. The van der Waals surface area contributed by atoms with Gasteiger partial charge in [-0.05, 0) is 42.5 Å². The van der Waals surface area contributed by atoms with Gasteiger partial charge < -0.3 is 9.88 Å². The molecule has 27 heavy (non-hydrogen) atoms. The second-order valence-electron chi connectivity index (χ2n) is 6.55. The van der Waals surface area contributed by atoms with Crippen molar-refractivity contribution in [3.8, 4) is 5.69 Å². The van der Waals surface area contributed by atoms with Gasteiger partial charge in [0.15, 0.2) is 0 Å². The van der Waals surface area contributed by atoms with Gasteiger partial charge in [0.1, 0.15) is 5.69 Å². The van der Waals surface area contributed by atoms with E-state index in [0.29, 0.717) is 5.69 Å². The first-order chi connectivity index (χ1) is 13.1. The van der Waals surface area contributed by atoms with Gasteiger partial charge in [-0.25, -0.2) is 4.98 Å². The zero-order valence-corrected chi connectivity index (χ0v) is 14.5. The molecule has 1 aliphatic carbocycles. The van der Waals surface area contributed by atoms with Gasteiger partial charge in [-0.15, -0.1) is 0 Å². The van der Waals surface area contributed by atoms with E-state index < -0.39 is 4.92 Å². The fourth-order valence-corrected chi connectivity index (χ4v) is 3.58. The Bertz CT molecular complexity index is 998. The average molecular weight is 362 g/mol. The van der Waals surface area contributed by atoms with Gasteiger partial charge in [0.05, 0.1) is 17.3 Å². The number of hydrogen-bond donors (Lipinski definition) is 1. The standard InChI is InChI=1S/C20H18N4O3/c25-20(22-17-7-3-5-14-4-1-2-6-16(14)17)15-8-9-18(19(12-15)24(26)27)23-11-10-21-13-23/h1-2,4,6,8-13,17H,3,5,7H2,(H,22,25). The molecular formula is C20H18N4O3. The summed E-state index contributed by atoms with van der Waals surface area (Å²) in [6.45, 7) is 0. The van der Waals surface area contributed by atoms with E-state index in [4.69, 9.17) is 0 Å². The fraction of sp³-hybridized carbons (Fsp3) is 0.200. The van der Waals surface area contributed by atoms with Gasteiger partial charge in [0.2, 0.25) is 0 Å².